The number of nitrogens with two attached hydrogens (primary N) is 2. The van der Waals surface area contributed by atoms with Crippen molar-refractivity contribution < 1.29 is 39.3 Å². The third-order valence-electron chi connectivity index (χ3n) is 6.26. The number of nitrogens with one attached hydrogen (secondary N) is 3. The van der Waals surface area contributed by atoms with E-state index in [1.54, 1.807) is 24.3 Å². The number of carboxylic acid groups (broad SMARTS) is 3. The Kier molecular flexibility index (Phi) is 10.2. The Morgan fingerprint density at radius 2 is 1.49 bits per heavy atom. The molecular weight excluding hydrogens is 538 g/mol. The van der Waals surface area contributed by atoms with Crippen LogP contribution in [-0.4, -0.2) is 72.1 Å². The van der Waals surface area contributed by atoms with E-state index in [0.29, 0.717) is 29.7 Å². The van der Waals surface area contributed by atoms with E-state index >= 15 is 0 Å². The monoisotopic (exact) mass is 569 g/mol. The second-order valence-electron chi connectivity index (χ2n) is 9.37. The van der Waals surface area contributed by atoms with Crippen LogP contribution in [-0.2, 0) is 32.0 Å². The first-order valence-corrected chi connectivity index (χ1v) is 12.7. The second kappa shape index (κ2) is 13.7. The van der Waals surface area contributed by atoms with Crippen LogP contribution in [0.3, 0.4) is 0 Å². The number of nitrogen functional groups attached to an aromatic ring is 2. The van der Waals surface area contributed by atoms with E-state index in [1.165, 1.54) is 0 Å². The van der Waals surface area contributed by atoms with Crippen LogP contribution in [0, 0.1) is 0 Å². The minimum Gasteiger partial charge on any atom is -0.481 e. The zero-order valence-corrected chi connectivity index (χ0v) is 21.9. The summed E-state index contributed by atoms with van der Waals surface area (Å²) in [4.78, 5) is 69.5. The van der Waals surface area contributed by atoms with E-state index in [2.05, 4.69) is 25.6 Å². The highest BCUT2D eigenvalue weighted by molar-refractivity contribution is 5.96. The number of carbonyl (C=O) groups excluding carboxylic acids is 2. The van der Waals surface area contributed by atoms with Crippen molar-refractivity contribution >= 4 is 52.5 Å². The number of carboxylic acids is 3. The number of benzene rings is 1. The number of hydrogen-bond donors (Lipinski definition) is 8. The van der Waals surface area contributed by atoms with Crippen molar-refractivity contribution in [1.29, 1.82) is 0 Å². The van der Waals surface area contributed by atoms with Crippen molar-refractivity contribution in [2.24, 2.45) is 0 Å². The Hall–Kier alpha value is -5.21. The smallest absolute Gasteiger partial charge is 0.326 e. The lowest BCUT2D eigenvalue weighted by Gasteiger charge is -2.16. The predicted octanol–water partition coefficient (Wildman–Crippen LogP) is 0.695. The maximum Gasteiger partial charge on any atom is 0.326 e. The average Bonchev–Trinajstić information content (AvgIpc) is 3.31. The van der Waals surface area contributed by atoms with Gasteiger partial charge in [-0.2, -0.15) is 9.97 Å². The predicted molar refractivity (Wildman–Crippen MR) is 146 cm³/mol. The average molecular weight is 570 g/mol. The molecule has 0 aliphatic rings. The summed E-state index contributed by atoms with van der Waals surface area (Å²) in [6, 6.07) is 5.71. The molecule has 3 rings (SSSR count). The van der Waals surface area contributed by atoms with Crippen molar-refractivity contribution in [2.75, 3.05) is 11.5 Å². The van der Waals surface area contributed by atoms with E-state index in [0.717, 1.165) is 17.7 Å². The van der Waals surface area contributed by atoms with Crippen LogP contribution in [0.4, 0.5) is 11.8 Å². The molecule has 0 radical (unpaired) electrons. The number of aromatic nitrogens is 3. The van der Waals surface area contributed by atoms with Crippen molar-refractivity contribution in [2.45, 2.75) is 57.0 Å². The quantitative estimate of drug-likeness (QED) is 0.126. The number of aryl methyl sites for hydroxylation is 2. The molecule has 0 saturated carbocycles. The number of rotatable bonds is 15. The third kappa shape index (κ3) is 8.91. The summed E-state index contributed by atoms with van der Waals surface area (Å²) in [5.74, 6) is -5.02. The second-order valence-corrected chi connectivity index (χ2v) is 9.37. The van der Waals surface area contributed by atoms with E-state index in [9.17, 15) is 29.1 Å². The van der Waals surface area contributed by atoms with Gasteiger partial charge in [0.05, 0.1) is 5.39 Å². The van der Waals surface area contributed by atoms with Crippen molar-refractivity contribution in [3.8, 4) is 0 Å². The van der Waals surface area contributed by atoms with Gasteiger partial charge in [-0.05, 0) is 55.9 Å². The number of anilines is 2. The lowest BCUT2D eigenvalue weighted by Crippen LogP contribution is -2.44. The van der Waals surface area contributed by atoms with Crippen LogP contribution in [0.25, 0.3) is 11.0 Å². The molecule has 0 saturated heterocycles. The standard InChI is InChI=1S/C26H31N7O8/c27-21-16-12-15(29-22(16)33-26(28)32-21)3-1-2-13-4-6-14(7-5-13)23(37)31-18(25(40)41)8-10-19(34)30-17(24(38)39)9-11-20(35)36/h4-7,12,17-18H,1-3,8-11H2,(H,30,34)(H,31,37)(H,35,36)(H,38,39)(H,40,41)(H5,27,28,29,32,33)/t17-,18-/m0/s1. The number of aliphatic carboxylic acids is 3. The topological polar surface area (TPSA) is 264 Å². The first kappa shape index (κ1) is 30.3. The molecule has 0 fully saturated rings. The minimum absolute atomic E-state index is 0.0894. The van der Waals surface area contributed by atoms with Crippen LogP contribution in [0.5, 0.6) is 0 Å². The first-order valence-electron chi connectivity index (χ1n) is 12.7. The molecule has 0 aliphatic heterocycles. The van der Waals surface area contributed by atoms with E-state index in [-0.39, 0.29) is 24.4 Å². The van der Waals surface area contributed by atoms with Gasteiger partial charge in [-0.1, -0.05) is 12.1 Å². The molecule has 0 bridgehead atoms. The minimum atomic E-state index is -1.43. The molecule has 41 heavy (non-hydrogen) atoms. The Balaban J connectivity index is 1.48. The van der Waals surface area contributed by atoms with Crippen molar-refractivity contribution in [3.05, 3.63) is 47.2 Å². The van der Waals surface area contributed by atoms with Crippen LogP contribution in [0.1, 0.15) is 53.7 Å². The van der Waals surface area contributed by atoms with Gasteiger partial charge in [0.15, 0.2) is 0 Å². The maximum atomic E-state index is 12.6. The molecule has 1 aromatic carbocycles. The number of H-pyrrole nitrogens is 1. The molecule has 2 heterocycles. The molecule has 15 heteroatoms. The fourth-order valence-corrected chi connectivity index (χ4v) is 4.11. The van der Waals surface area contributed by atoms with Crippen LogP contribution in [0.15, 0.2) is 30.3 Å². The zero-order valence-electron chi connectivity index (χ0n) is 21.9. The molecule has 10 N–H and O–H groups in total. The van der Waals surface area contributed by atoms with Crippen molar-refractivity contribution in [1.82, 2.24) is 25.6 Å². The van der Waals surface area contributed by atoms with Gasteiger partial charge < -0.3 is 42.4 Å². The lowest BCUT2D eigenvalue weighted by molar-refractivity contribution is -0.143. The number of hydrogen-bond acceptors (Lipinski definition) is 9. The lowest BCUT2D eigenvalue weighted by atomic mass is 10.0. The van der Waals surface area contributed by atoms with Gasteiger partial charge in [-0.25, -0.2) is 9.59 Å². The van der Waals surface area contributed by atoms with E-state index < -0.39 is 54.6 Å². The molecule has 218 valence electrons. The Labute approximate surface area is 233 Å². The summed E-state index contributed by atoms with van der Waals surface area (Å²) >= 11 is 0. The maximum absolute atomic E-state index is 12.6. The first-order chi connectivity index (χ1) is 19.4. The third-order valence-corrected chi connectivity index (χ3v) is 6.26. The van der Waals surface area contributed by atoms with Gasteiger partial charge >= 0.3 is 17.9 Å². The normalized spacial score (nSPS) is 12.4. The summed E-state index contributed by atoms with van der Waals surface area (Å²) in [5, 5.41) is 32.6. The largest absolute Gasteiger partial charge is 0.481 e. The van der Waals surface area contributed by atoms with Crippen LogP contribution < -0.4 is 22.1 Å². The molecule has 2 atom stereocenters. The SMILES string of the molecule is Nc1nc(N)c2cc(CCCc3ccc(C(=O)N[C@@H](CCC(=O)N[C@@H](CCC(=O)O)C(=O)O)C(=O)O)cc3)[nH]c2n1. The fraction of sp³-hybridized carbons (Fsp3) is 0.346. The molecule has 3 aromatic rings. The molecular formula is C26H31N7O8. The molecule has 0 spiro atoms. The van der Waals surface area contributed by atoms with Gasteiger partial charge in [0.25, 0.3) is 5.91 Å². The molecule has 0 aliphatic carbocycles. The fourth-order valence-electron chi connectivity index (χ4n) is 4.11. The summed E-state index contributed by atoms with van der Waals surface area (Å²) in [5.41, 5.74) is 14.2. The molecule has 15 nitrogen and oxygen atoms in total. The molecule has 2 aromatic heterocycles. The summed E-state index contributed by atoms with van der Waals surface area (Å²) in [6.07, 6.45) is 0.715. The number of amides is 2. The van der Waals surface area contributed by atoms with Crippen LogP contribution >= 0.6 is 0 Å². The van der Waals surface area contributed by atoms with Gasteiger partial charge in [0, 0.05) is 24.1 Å². The number of nitrogens with zero attached hydrogens (tertiary/aromatic N) is 2. The molecule has 0 unspecified atom stereocenters. The summed E-state index contributed by atoms with van der Waals surface area (Å²) in [7, 11) is 0. The summed E-state index contributed by atoms with van der Waals surface area (Å²) < 4.78 is 0. The Morgan fingerprint density at radius 1 is 0.854 bits per heavy atom. The number of carbonyl (C=O) groups is 5. The van der Waals surface area contributed by atoms with E-state index in [1.807, 2.05) is 6.07 Å². The van der Waals surface area contributed by atoms with Gasteiger partial charge in [-0.15, -0.1) is 0 Å². The number of fused-ring (bicyclic) bond motifs is 1. The summed E-state index contributed by atoms with van der Waals surface area (Å²) in [6.45, 7) is 0. The molecule has 2 amide bonds. The van der Waals surface area contributed by atoms with Crippen LogP contribution in [0.2, 0.25) is 0 Å². The number of aromatic amines is 1. The highest BCUT2D eigenvalue weighted by Gasteiger charge is 2.24. The zero-order chi connectivity index (χ0) is 30.1. The Morgan fingerprint density at radius 3 is 2.12 bits per heavy atom. The highest BCUT2D eigenvalue weighted by Crippen LogP contribution is 2.21. The van der Waals surface area contributed by atoms with Gasteiger partial charge in [0.1, 0.15) is 23.5 Å². The van der Waals surface area contributed by atoms with E-state index in [4.69, 9.17) is 21.7 Å². The Bertz CT molecular complexity index is 1440. The van der Waals surface area contributed by atoms with Crippen molar-refractivity contribution in [3.63, 3.8) is 0 Å². The highest BCUT2D eigenvalue weighted by atomic mass is 16.4. The van der Waals surface area contributed by atoms with Gasteiger partial charge in [-0.3, -0.25) is 14.4 Å². The van der Waals surface area contributed by atoms with Gasteiger partial charge in [0.2, 0.25) is 11.9 Å².